The number of piperazine rings is 1. The summed E-state index contributed by atoms with van der Waals surface area (Å²) in [5.74, 6) is 0. The molecule has 0 aromatic carbocycles. The maximum atomic E-state index is 2.70. The van der Waals surface area contributed by atoms with Crippen LogP contribution in [0.4, 0.5) is 0 Å². The third kappa shape index (κ3) is 2.44. The predicted molar refractivity (Wildman–Crippen MR) is 55.6 cm³/mol. The standard InChI is InChI=1S/C11H21N2/c1-12-7-9-13(10-8-12)11-5-3-2-4-6-11/h2,11H,3-10H2,1H3. The van der Waals surface area contributed by atoms with Crippen molar-refractivity contribution < 1.29 is 0 Å². The van der Waals surface area contributed by atoms with Gasteiger partial charge in [0.05, 0.1) is 0 Å². The molecule has 0 N–H and O–H groups in total. The van der Waals surface area contributed by atoms with Gasteiger partial charge in [-0.3, -0.25) is 4.90 Å². The molecule has 0 atom stereocenters. The molecule has 2 fully saturated rings. The summed E-state index contributed by atoms with van der Waals surface area (Å²) >= 11 is 0. The second-order valence-corrected chi connectivity index (χ2v) is 4.44. The molecule has 2 rings (SSSR count). The van der Waals surface area contributed by atoms with Crippen LogP contribution in [0.2, 0.25) is 0 Å². The fourth-order valence-corrected chi connectivity index (χ4v) is 2.46. The Morgan fingerprint density at radius 3 is 2.23 bits per heavy atom. The van der Waals surface area contributed by atoms with Crippen LogP contribution in [0.3, 0.4) is 0 Å². The lowest BCUT2D eigenvalue weighted by molar-refractivity contribution is 0.0967. The summed E-state index contributed by atoms with van der Waals surface area (Å²) in [5.41, 5.74) is 0. The smallest absolute Gasteiger partial charge is 0.0113 e. The second kappa shape index (κ2) is 4.43. The Kier molecular flexibility index (Phi) is 3.23. The van der Waals surface area contributed by atoms with Crippen LogP contribution < -0.4 is 0 Å². The van der Waals surface area contributed by atoms with Crippen LogP contribution >= 0.6 is 0 Å². The Labute approximate surface area is 81.9 Å². The zero-order chi connectivity index (χ0) is 9.10. The minimum absolute atomic E-state index is 0.902. The number of hydrogen-bond donors (Lipinski definition) is 0. The van der Waals surface area contributed by atoms with E-state index >= 15 is 0 Å². The van der Waals surface area contributed by atoms with E-state index in [0.29, 0.717) is 0 Å². The summed E-state index contributed by atoms with van der Waals surface area (Å²) in [6, 6.07) is 0.902. The first-order valence-corrected chi connectivity index (χ1v) is 5.60. The molecule has 0 amide bonds. The fraction of sp³-hybridized carbons (Fsp3) is 0.909. The Balaban J connectivity index is 1.79. The van der Waals surface area contributed by atoms with Crippen molar-refractivity contribution in [3.8, 4) is 0 Å². The minimum Gasteiger partial charge on any atom is -0.304 e. The molecule has 1 aliphatic heterocycles. The minimum atomic E-state index is 0.902. The van der Waals surface area contributed by atoms with Crippen molar-refractivity contribution in [2.75, 3.05) is 33.2 Å². The van der Waals surface area contributed by atoms with Gasteiger partial charge in [0.25, 0.3) is 0 Å². The number of nitrogens with zero attached hydrogens (tertiary/aromatic N) is 2. The van der Waals surface area contributed by atoms with E-state index in [0.717, 1.165) is 6.04 Å². The van der Waals surface area contributed by atoms with Crippen LogP contribution in [0.25, 0.3) is 0 Å². The molecule has 0 bridgehead atoms. The lowest BCUT2D eigenvalue weighted by Gasteiger charge is -2.39. The molecular weight excluding hydrogens is 160 g/mol. The summed E-state index contributed by atoms with van der Waals surface area (Å²) in [6.07, 6.45) is 7.95. The summed E-state index contributed by atoms with van der Waals surface area (Å²) in [6.45, 7) is 5.11. The fourth-order valence-electron chi connectivity index (χ4n) is 2.46. The van der Waals surface area contributed by atoms with E-state index in [1.807, 2.05) is 0 Å². The first kappa shape index (κ1) is 9.47. The maximum absolute atomic E-state index is 2.70. The van der Waals surface area contributed by atoms with Gasteiger partial charge < -0.3 is 4.90 Å². The van der Waals surface area contributed by atoms with Crippen LogP contribution in [-0.4, -0.2) is 49.1 Å². The van der Waals surface area contributed by atoms with Crippen molar-refractivity contribution in [1.82, 2.24) is 9.80 Å². The van der Waals surface area contributed by atoms with E-state index in [1.165, 1.54) is 51.9 Å². The Morgan fingerprint density at radius 1 is 1.00 bits per heavy atom. The van der Waals surface area contributed by atoms with Crippen molar-refractivity contribution in [3.05, 3.63) is 6.42 Å². The Hall–Kier alpha value is -0.0800. The van der Waals surface area contributed by atoms with Gasteiger partial charge in [0.1, 0.15) is 0 Å². The van der Waals surface area contributed by atoms with Crippen molar-refractivity contribution in [2.24, 2.45) is 0 Å². The van der Waals surface area contributed by atoms with Gasteiger partial charge in [-0.05, 0) is 39.2 Å². The molecule has 1 saturated heterocycles. The van der Waals surface area contributed by atoms with E-state index in [2.05, 4.69) is 23.3 Å². The summed E-state index contributed by atoms with van der Waals surface area (Å²) in [7, 11) is 2.23. The van der Waals surface area contributed by atoms with Gasteiger partial charge in [-0.15, -0.1) is 0 Å². The molecule has 2 nitrogen and oxygen atoms in total. The zero-order valence-corrected chi connectivity index (χ0v) is 8.71. The highest BCUT2D eigenvalue weighted by atomic mass is 15.3. The SMILES string of the molecule is CN1CCN(C2CC[CH]CC2)CC1. The van der Waals surface area contributed by atoms with Gasteiger partial charge in [0.15, 0.2) is 0 Å². The molecular formula is C11H21N2. The number of likely N-dealkylation sites (N-methyl/N-ethyl adjacent to an activating group) is 1. The van der Waals surface area contributed by atoms with Gasteiger partial charge in [-0.1, -0.05) is 0 Å². The second-order valence-electron chi connectivity index (χ2n) is 4.44. The predicted octanol–water partition coefficient (Wildman–Crippen LogP) is 1.38. The van der Waals surface area contributed by atoms with Crippen molar-refractivity contribution in [2.45, 2.75) is 31.7 Å². The van der Waals surface area contributed by atoms with Crippen LogP contribution in [0.5, 0.6) is 0 Å². The normalized spacial score (nSPS) is 29.3. The van der Waals surface area contributed by atoms with Crippen LogP contribution in [0, 0.1) is 6.42 Å². The molecule has 1 saturated carbocycles. The van der Waals surface area contributed by atoms with Gasteiger partial charge >= 0.3 is 0 Å². The highest BCUT2D eigenvalue weighted by Crippen LogP contribution is 2.22. The molecule has 0 unspecified atom stereocenters. The maximum Gasteiger partial charge on any atom is 0.0113 e. The summed E-state index contributed by atoms with van der Waals surface area (Å²) in [5, 5.41) is 0. The van der Waals surface area contributed by atoms with Crippen LogP contribution in [0.1, 0.15) is 25.7 Å². The lowest BCUT2D eigenvalue weighted by atomic mass is 9.94. The monoisotopic (exact) mass is 181 g/mol. The summed E-state index contributed by atoms with van der Waals surface area (Å²) in [4.78, 5) is 5.14. The van der Waals surface area contributed by atoms with E-state index < -0.39 is 0 Å². The Bertz CT molecular complexity index is 144. The van der Waals surface area contributed by atoms with E-state index in [4.69, 9.17) is 0 Å². The van der Waals surface area contributed by atoms with Crippen molar-refractivity contribution in [1.29, 1.82) is 0 Å². The van der Waals surface area contributed by atoms with Gasteiger partial charge in [0, 0.05) is 32.2 Å². The highest BCUT2D eigenvalue weighted by molar-refractivity contribution is 4.84. The molecule has 75 valence electrons. The molecule has 0 spiro atoms. The third-order valence-corrected chi connectivity index (χ3v) is 3.46. The topological polar surface area (TPSA) is 6.48 Å². The van der Waals surface area contributed by atoms with Crippen molar-refractivity contribution >= 4 is 0 Å². The van der Waals surface area contributed by atoms with E-state index in [-0.39, 0.29) is 0 Å². The van der Waals surface area contributed by atoms with Gasteiger partial charge in [-0.25, -0.2) is 0 Å². The Morgan fingerprint density at radius 2 is 1.62 bits per heavy atom. The summed E-state index contributed by atoms with van der Waals surface area (Å²) < 4.78 is 0. The zero-order valence-electron chi connectivity index (χ0n) is 8.71. The quantitative estimate of drug-likeness (QED) is 0.603. The van der Waals surface area contributed by atoms with Gasteiger partial charge in [0.2, 0.25) is 0 Å². The molecule has 1 radical (unpaired) electrons. The third-order valence-electron chi connectivity index (χ3n) is 3.46. The molecule has 13 heavy (non-hydrogen) atoms. The van der Waals surface area contributed by atoms with Crippen LogP contribution in [-0.2, 0) is 0 Å². The first-order chi connectivity index (χ1) is 6.36. The molecule has 0 aromatic rings. The number of rotatable bonds is 1. The average Bonchev–Trinajstić information content (AvgIpc) is 2.20. The van der Waals surface area contributed by atoms with Crippen molar-refractivity contribution in [3.63, 3.8) is 0 Å². The van der Waals surface area contributed by atoms with Crippen LogP contribution in [0.15, 0.2) is 0 Å². The number of hydrogen-bond acceptors (Lipinski definition) is 2. The molecule has 2 heteroatoms. The largest absolute Gasteiger partial charge is 0.304 e. The first-order valence-electron chi connectivity index (χ1n) is 5.60. The van der Waals surface area contributed by atoms with Gasteiger partial charge in [-0.2, -0.15) is 0 Å². The molecule has 1 heterocycles. The molecule has 2 aliphatic rings. The molecule has 1 aliphatic carbocycles. The average molecular weight is 181 g/mol. The van der Waals surface area contributed by atoms with E-state index in [1.54, 1.807) is 0 Å². The van der Waals surface area contributed by atoms with E-state index in [9.17, 15) is 0 Å². The molecule has 0 aromatic heterocycles. The highest BCUT2D eigenvalue weighted by Gasteiger charge is 2.23. The lowest BCUT2D eigenvalue weighted by Crippen LogP contribution is -2.49.